The minimum Gasteiger partial charge on any atom is -0.497 e. The van der Waals surface area contributed by atoms with Crippen molar-refractivity contribution >= 4 is 11.6 Å². The molecule has 0 radical (unpaired) electrons. The molecule has 0 aliphatic heterocycles. The van der Waals surface area contributed by atoms with E-state index in [0.717, 1.165) is 11.1 Å². The van der Waals surface area contributed by atoms with Gasteiger partial charge in [0.15, 0.2) is 11.5 Å². The van der Waals surface area contributed by atoms with Crippen LogP contribution in [0.1, 0.15) is 15.9 Å². The molecule has 0 saturated carbocycles. The third-order valence-electron chi connectivity index (χ3n) is 5.85. The number of ether oxygens (including phenoxy) is 3. The number of carbonyl (C=O) groups is 1. The van der Waals surface area contributed by atoms with Crippen LogP contribution in [0, 0.1) is 0 Å². The first-order valence-electron chi connectivity index (χ1n) is 11.7. The predicted octanol–water partition coefficient (Wildman–Crippen LogP) is 4.93. The van der Waals surface area contributed by atoms with Crippen molar-refractivity contribution in [3.8, 4) is 40.2 Å². The zero-order valence-electron chi connectivity index (χ0n) is 21.0. The van der Waals surface area contributed by atoms with E-state index in [1.807, 2.05) is 41.1 Å². The van der Waals surface area contributed by atoms with Crippen molar-refractivity contribution < 1.29 is 23.5 Å². The molecule has 5 rings (SSSR count). The van der Waals surface area contributed by atoms with E-state index in [1.54, 1.807) is 64.1 Å². The predicted molar refractivity (Wildman–Crippen MR) is 141 cm³/mol. The average Bonchev–Trinajstić information content (AvgIpc) is 3.64. The number of imidazole rings is 1. The Morgan fingerprint density at radius 2 is 1.68 bits per heavy atom. The lowest BCUT2D eigenvalue weighted by Crippen LogP contribution is -2.11. The first-order chi connectivity index (χ1) is 18.6. The SMILES string of the molecule is COc1ccc(C(=O)Nc2ccc(Cn3cnc(-c4nc(-c5ccc(OC)c(OC)c5)no4)c3)cc2)cc1. The summed E-state index contributed by atoms with van der Waals surface area (Å²) >= 11 is 0. The summed E-state index contributed by atoms with van der Waals surface area (Å²) in [6.45, 7) is 0.580. The maximum absolute atomic E-state index is 12.5. The van der Waals surface area contributed by atoms with E-state index < -0.39 is 0 Å². The lowest BCUT2D eigenvalue weighted by molar-refractivity contribution is 0.102. The number of aromatic nitrogens is 4. The topological polar surface area (TPSA) is 114 Å². The molecule has 0 aliphatic carbocycles. The van der Waals surface area contributed by atoms with Crippen LogP contribution in [0.5, 0.6) is 17.2 Å². The summed E-state index contributed by atoms with van der Waals surface area (Å²) in [6.07, 6.45) is 3.54. The molecule has 0 bridgehead atoms. The Labute approximate surface area is 218 Å². The quantitative estimate of drug-likeness (QED) is 0.296. The number of carbonyl (C=O) groups excluding carboxylic acids is 1. The van der Waals surface area contributed by atoms with Gasteiger partial charge in [-0.05, 0) is 60.2 Å². The summed E-state index contributed by atoms with van der Waals surface area (Å²) in [6, 6.07) is 20.0. The molecule has 192 valence electrons. The monoisotopic (exact) mass is 511 g/mol. The number of nitrogens with one attached hydrogen (secondary N) is 1. The molecule has 3 aromatic carbocycles. The number of methoxy groups -OCH3 is 3. The van der Waals surface area contributed by atoms with Crippen molar-refractivity contribution in [1.29, 1.82) is 0 Å². The van der Waals surface area contributed by atoms with Gasteiger partial charge in [0.05, 0.1) is 27.7 Å². The first-order valence-corrected chi connectivity index (χ1v) is 11.7. The molecule has 0 saturated heterocycles. The van der Waals surface area contributed by atoms with Crippen LogP contribution in [-0.2, 0) is 6.54 Å². The van der Waals surface area contributed by atoms with Crippen LogP contribution in [0.4, 0.5) is 5.69 Å². The van der Waals surface area contributed by atoms with Crippen LogP contribution >= 0.6 is 0 Å². The maximum Gasteiger partial charge on any atom is 0.278 e. The normalized spacial score (nSPS) is 10.7. The molecule has 2 aromatic heterocycles. The molecule has 5 aromatic rings. The molecule has 0 atom stereocenters. The molecule has 0 spiro atoms. The van der Waals surface area contributed by atoms with Gasteiger partial charge >= 0.3 is 0 Å². The molecule has 2 heterocycles. The van der Waals surface area contributed by atoms with Gasteiger partial charge in [0.2, 0.25) is 5.82 Å². The van der Waals surface area contributed by atoms with E-state index in [0.29, 0.717) is 52.5 Å². The Bertz CT molecular complexity index is 1540. The maximum atomic E-state index is 12.5. The largest absolute Gasteiger partial charge is 0.497 e. The van der Waals surface area contributed by atoms with Crippen molar-refractivity contribution in [2.24, 2.45) is 0 Å². The van der Waals surface area contributed by atoms with Crippen LogP contribution in [-0.4, -0.2) is 46.9 Å². The number of nitrogens with zero attached hydrogens (tertiary/aromatic N) is 4. The van der Waals surface area contributed by atoms with E-state index in [2.05, 4.69) is 20.4 Å². The second-order valence-electron chi connectivity index (χ2n) is 8.30. The van der Waals surface area contributed by atoms with Gasteiger partial charge in [-0.25, -0.2) is 4.98 Å². The summed E-state index contributed by atoms with van der Waals surface area (Å²) < 4.78 is 23.1. The minimum atomic E-state index is -0.188. The Kier molecular flexibility index (Phi) is 7.03. The highest BCUT2D eigenvalue weighted by Gasteiger charge is 2.15. The zero-order valence-corrected chi connectivity index (χ0v) is 21.0. The van der Waals surface area contributed by atoms with Gasteiger partial charge in [0.1, 0.15) is 11.4 Å². The van der Waals surface area contributed by atoms with E-state index >= 15 is 0 Å². The number of hydrogen-bond donors (Lipinski definition) is 1. The van der Waals surface area contributed by atoms with Crippen molar-refractivity contribution in [3.63, 3.8) is 0 Å². The second kappa shape index (κ2) is 10.9. The molecule has 0 unspecified atom stereocenters. The van der Waals surface area contributed by atoms with Gasteiger partial charge in [0.25, 0.3) is 11.8 Å². The van der Waals surface area contributed by atoms with E-state index in [-0.39, 0.29) is 5.91 Å². The van der Waals surface area contributed by atoms with Gasteiger partial charge in [-0.2, -0.15) is 4.98 Å². The Balaban J connectivity index is 1.23. The number of benzene rings is 3. The van der Waals surface area contributed by atoms with Gasteiger partial charge in [-0.3, -0.25) is 4.79 Å². The van der Waals surface area contributed by atoms with Crippen LogP contribution in [0.2, 0.25) is 0 Å². The Hall–Kier alpha value is -5.12. The number of rotatable bonds is 9. The molecular weight excluding hydrogens is 486 g/mol. The van der Waals surface area contributed by atoms with E-state index in [1.165, 1.54) is 0 Å². The summed E-state index contributed by atoms with van der Waals surface area (Å²) in [7, 11) is 4.74. The standard InChI is InChI=1S/C28H25N5O5/c1-35-22-11-6-19(7-12-22)27(34)30-21-9-4-18(5-10-21)15-33-16-23(29-17-33)28-31-26(32-38-28)20-8-13-24(36-2)25(14-20)37-3/h4-14,16-17H,15H2,1-3H3,(H,30,34). The summed E-state index contributed by atoms with van der Waals surface area (Å²) in [5.74, 6) is 2.43. The van der Waals surface area contributed by atoms with Crippen LogP contribution < -0.4 is 19.5 Å². The lowest BCUT2D eigenvalue weighted by atomic mass is 10.1. The molecule has 10 nitrogen and oxygen atoms in total. The average molecular weight is 512 g/mol. The van der Waals surface area contributed by atoms with Crippen LogP contribution in [0.15, 0.2) is 83.8 Å². The summed E-state index contributed by atoms with van der Waals surface area (Å²) in [5, 5.41) is 6.98. The zero-order chi connectivity index (χ0) is 26.5. The first kappa shape index (κ1) is 24.6. The third-order valence-corrected chi connectivity index (χ3v) is 5.85. The fraction of sp³-hybridized carbons (Fsp3) is 0.143. The molecule has 38 heavy (non-hydrogen) atoms. The Morgan fingerprint density at radius 1 is 0.921 bits per heavy atom. The highest BCUT2D eigenvalue weighted by Crippen LogP contribution is 2.32. The molecule has 0 fully saturated rings. The minimum absolute atomic E-state index is 0.188. The second-order valence-corrected chi connectivity index (χ2v) is 8.30. The molecule has 1 amide bonds. The molecule has 1 N–H and O–H groups in total. The molecular formula is C28H25N5O5. The van der Waals surface area contributed by atoms with Crippen molar-refractivity contribution in [2.45, 2.75) is 6.54 Å². The summed E-state index contributed by atoms with van der Waals surface area (Å²) in [5.41, 5.74) is 3.59. The molecule has 10 heteroatoms. The van der Waals surface area contributed by atoms with Gasteiger partial charge in [-0.15, -0.1) is 0 Å². The smallest absolute Gasteiger partial charge is 0.278 e. The number of amides is 1. The van der Waals surface area contributed by atoms with E-state index in [4.69, 9.17) is 18.7 Å². The fourth-order valence-electron chi connectivity index (χ4n) is 3.83. The van der Waals surface area contributed by atoms with Gasteiger partial charge < -0.3 is 28.6 Å². The number of hydrogen-bond acceptors (Lipinski definition) is 8. The van der Waals surface area contributed by atoms with Crippen molar-refractivity contribution in [1.82, 2.24) is 19.7 Å². The van der Waals surface area contributed by atoms with Gasteiger partial charge in [0, 0.05) is 29.6 Å². The van der Waals surface area contributed by atoms with Crippen LogP contribution in [0.3, 0.4) is 0 Å². The third kappa shape index (κ3) is 5.34. The van der Waals surface area contributed by atoms with E-state index in [9.17, 15) is 4.79 Å². The number of anilines is 1. The Morgan fingerprint density at radius 3 is 2.39 bits per heavy atom. The molecule has 0 aliphatic rings. The highest BCUT2D eigenvalue weighted by atomic mass is 16.5. The fourth-order valence-corrected chi connectivity index (χ4v) is 3.83. The van der Waals surface area contributed by atoms with Crippen molar-refractivity contribution in [2.75, 3.05) is 26.6 Å². The van der Waals surface area contributed by atoms with Crippen LogP contribution in [0.25, 0.3) is 23.0 Å². The summed E-state index contributed by atoms with van der Waals surface area (Å²) in [4.78, 5) is 21.4. The highest BCUT2D eigenvalue weighted by molar-refractivity contribution is 6.04. The van der Waals surface area contributed by atoms with Crippen molar-refractivity contribution in [3.05, 3.63) is 90.4 Å². The van der Waals surface area contributed by atoms with Gasteiger partial charge in [-0.1, -0.05) is 17.3 Å². The lowest BCUT2D eigenvalue weighted by Gasteiger charge is -2.08.